The molecule has 2 rings (SSSR count). The Hall–Kier alpha value is -0.960. The van der Waals surface area contributed by atoms with Gasteiger partial charge >= 0.3 is 0 Å². The van der Waals surface area contributed by atoms with Crippen LogP contribution in [0.1, 0.15) is 11.3 Å². The molecule has 0 aliphatic carbocycles. The number of aryl methyl sites for hydroxylation is 1. The third-order valence-electron chi connectivity index (χ3n) is 4.19. The van der Waals surface area contributed by atoms with Crippen molar-refractivity contribution in [2.45, 2.75) is 19.6 Å². The molecule has 1 aromatic rings. The van der Waals surface area contributed by atoms with E-state index in [2.05, 4.69) is 10.00 Å². The maximum atomic E-state index is 11.9. The largest absolute Gasteiger partial charge is 0.391 e. The van der Waals surface area contributed by atoms with Gasteiger partial charge in [0.25, 0.3) is 0 Å². The molecule has 21 heavy (non-hydrogen) atoms. The van der Waals surface area contributed by atoms with Gasteiger partial charge in [0.2, 0.25) is 10.0 Å². The van der Waals surface area contributed by atoms with Crippen molar-refractivity contribution in [3.63, 3.8) is 0 Å². The topological polar surface area (TPSA) is 78.7 Å². The zero-order valence-electron chi connectivity index (χ0n) is 13.0. The van der Waals surface area contributed by atoms with E-state index in [1.165, 1.54) is 18.4 Å². The molecule has 1 fully saturated rings. The lowest BCUT2D eigenvalue weighted by Gasteiger charge is -2.18. The van der Waals surface area contributed by atoms with E-state index in [0.29, 0.717) is 19.6 Å². The lowest BCUT2D eigenvalue weighted by Crippen LogP contribution is -2.33. The Balaban J connectivity index is 2.00. The molecular weight excluding hydrogens is 292 g/mol. The van der Waals surface area contributed by atoms with E-state index in [4.69, 9.17) is 0 Å². The van der Waals surface area contributed by atoms with Crippen molar-refractivity contribution in [2.75, 3.05) is 32.9 Å². The summed E-state index contributed by atoms with van der Waals surface area (Å²) in [7, 11) is 1.65. The van der Waals surface area contributed by atoms with E-state index in [9.17, 15) is 13.5 Å². The third-order valence-corrected chi connectivity index (χ3v) is 6.16. The van der Waals surface area contributed by atoms with Crippen LogP contribution in [0, 0.1) is 12.8 Å². The van der Waals surface area contributed by atoms with E-state index in [0.717, 1.165) is 11.3 Å². The fourth-order valence-electron chi connectivity index (χ4n) is 2.59. The van der Waals surface area contributed by atoms with E-state index < -0.39 is 16.1 Å². The Morgan fingerprint density at radius 3 is 2.62 bits per heavy atom. The fourth-order valence-corrected chi connectivity index (χ4v) is 3.76. The summed E-state index contributed by atoms with van der Waals surface area (Å²) >= 11 is 0. The number of sulfonamides is 1. The number of hydrogen-bond acceptors (Lipinski definition) is 5. The average Bonchev–Trinajstić information content (AvgIpc) is 2.87. The Labute approximate surface area is 126 Å². The molecule has 0 unspecified atom stereocenters. The van der Waals surface area contributed by atoms with Crippen molar-refractivity contribution in [1.29, 1.82) is 0 Å². The molecule has 1 saturated heterocycles. The summed E-state index contributed by atoms with van der Waals surface area (Å²) in [6.45, 7) is 3.78. The van der Waals surface area contributed by atoms with Gasteiger partial charge in [-0.3, -0.25) is 9.58 Å². The number of nitrogens with zero attached hydrogens (tertiary/aromatic N) is 4. The van der Waals surface area contributed by atoms with Crippen LogP contribution in [0.15, 0.2) is 6.20 Å². The minimum Gasteiger partial charge on any atom is -0.391 e. The third kappa shape index (κ3) is 3.63. The monoisotopic (exact) mass is 316 g/mol. The first-order valence-electron chi connectivity index (χ1n) is 6.99. The van der Waals surface area contributed by atoms with Crippen LogP contribution in [0.4, 0.5) is 0 Å². The summed E-state index contributed by atoms with van der Waals surface area (Å²) in [6, 6.07) is 0. The molecule has 1 aromatic heterocycles. The fraction of sp³-hybridized carbons (Fsp3) is 0.769. The highest BCUT2D eigenvalue weighted by molar-refractivity contribution is 7.89. The Morgan fingerprint density at radius 1 is 1.43 bits per heavy atom. The Bertz CT molecular complexity index is 597. The van der Waals surface area contributed by atoms with Gasteiger partial charge in [-0.25, -0.2) is 12.7 Å². The van der Waals surface area contributed by atoms with Crippen LogP contribution in [0.25, 0.3) is 0 Å². The van der Waals surface area contributed by atoms with Gasteiger partial charge in [0.05, 0.1) is 18.1 Å². The molecule has 1 N–H and O–H groups in total. The minimum absolute atomic E-state index is 0.0102. The number of aromatic nitrogens is 2. The summed E-state index contributed by atoms with van der Waals surface area (Å²) in [4.78, 5) is 2.09. The highest BCUT2D eigenvalue weighted by atomic mass is 32.2. The zero-order valence-corrected chi connectivity index (χ0v) is 13.8. The van der Waals surface area contributed by atoms with E-state index >= 15 is 0 Å². The number of likely N-dealkylation sites (tertiary alicyclic amines) is 1. The van der Waals surface area contributed by atoms with Crippen molar-refractivity contribution in [3.05, 3.63) is 17.5 Å². The Morgan fingerprint density at radius 2 is 2.10 bits per heavy atom. The highest BCUT2D eigenvalue weighted by Crippen LogP contribution is 2.22. The predicted molar refractivity (Wildman–Crippen MR) is 80.2 cm³/mol. The number of aliphatic hydroxyl groups is 1. The smallest absolute Gasteiger partial charge is 0.214 e. The van der Waals surface area contributed by atoms with Crippen LogP contribution in [-0.4, -0.2) is 71.6 Å². The standard InChI is InChI=1S/C13H24N4O3S/c1-10-11(5-14-16(10)4)6-17-7-12(13(18)8-17)9-21(19,20)15(2)3/h5,12-13,18H,6-9H2,1-4H3/t12-,13-/m0/s1. The van der Waals surface area contributed by atoms with Gasteiger partial charge in [-0.15, -0.1) is 0 Å². The summed E-state index contributed by atoms with van der Waals surface area (Å²) in [5.74, 6) is -0.252. The molecule has 1 aliphatic heterocycles. The Kier molecular flexibility index (Phi) is 4.72. The maximum absolute atomic E-state index is 11.9. The number of aliphatic hydroxyl groups excluding tert-OH is 1. The summed E-state index contributed by atoms with van der Waals surface area (Å²) in [5.41, 5.74) is 2.20. The molecule has 8 heteroatoms. The predicted octanol–water partition coefficient (Wildman–Crippen LogP) is -0.587. The van der Waals surface area contributed by atoms with Crippen molar-refractivity contribution in [2.24, 2.45) is 13.0 Å². The molecule has 7 nitrogen and oxygen atoms in total. The van der Waals surface area contributed by atoms with Crippen LogP contribution in [0.5, 0.6) is 0 Å². The minimum atomic E-state index is -3.28. The molecule has 0 saturated carbocycles. The van der Waals surface area contributed by atoms with Crippen LogP contribution in [0.2, 0.25) is 0 Å². The second kappa shape index (κ2) is 6.04. The zero-order chi connectivity index (χ0) is 15.8. The van der Waals surface area contributed by atoms with Crippen molar-refractivity contribution in [3.8, 4) is 0 Å². The van der Waals surface area contributed by atoms with Gasteiger partial charge in [-0.05, 0) is 6.92 Å². The summed E-state index contributed by atoms with van der Waals surface area (Å²) < 4.78 is 26.9. The molecule has 0 radical (unpaired) electrons. The highest BCUT2D eigenvalue weighted by Gasteiger charge is 2.35. The van der Waals surface area contributed by atoms with E-state index in [1.807, 2.05) is 24.9 Å². The van der Waals surface area contributed by atoms with E-state index in [-0.39, 0.29) is 11.7 Å². The first-order valence-corrected chi connectivity index (χ1v) is 8.59. The molecule has 0 amide bonds. The van der Waals surface area contributed by atoms with Gasteiger partial charge in [0.15, 0.2) is 0 Å². The number of hydrogen-bond donors (Lipinski definition) is 1. The van der Waals surface area contributed by atoms with Crippen LogP contribution < -0.4 is 0 Å². The van der Waals surface area contributed by atoms with Crippen LogP contribution in [-0.2, 0) is 23.6 Å². The molecule has 0 spiro atoms. The average molecular weight is 316 g/mol. The van der Waals surface area contributed by atoms with Gasteiger partial charge in [-0.1, -0.05) is 0 Å². The number of β-amino-alcohol motifs (C(OH)–C–C–N with tert-alkyl or cyclic N) is 1. The van der Waals surface area contributed by atoms with Gasteiger partial charge in [0, 0.05) is 58.0 Å². The lowest BCUT2D eigenvalue weighted by molar-refractivity contribution is 0.148. The second-order valence-electron chi connectivity index (χ2n) is 5.96. The molecule has 2 heterocycles. The first-order chi connectivity index (χ1) is 9.70. The summed E-state index contributed by atoms with van der Waals surface area (Å²) in [6.07, 6.45) is 1.22. The SMILES string of the molecule is Cc1c(CN2C[C@@H](CS(=O)(=O)N(C)C)[C@@H](O)C2)cnn1C. The quantitative estimate of drug-likeness (QED) is 0.786. The van der Waals surface area contributed by atoms with Gasteiger partial charge < -0.3 is 5.11 Å². The lowest BCUT2D eigenvalue weighted by atomic mass is 10.1. The van der Waals surface area contributed by atoms with Crippen molar-refractivity contribution >= 4 is 10.0 Å². The van der Waals surface area contributed by atoms with Crippen LogP contribution in [0.3, 0.4) is 0 Å². The normalized spacial score (nSPS) is 24.1. The van der Waals surface area contributed by atoms with E-state index in [1.54, 1.807) is 0 Å². The summed E-state index contributed by atoms with van der Waals surface area (Å²) in [5, 5.41) is 14.3. The van der Waals surface area contributed by atoms with Crippen molar-refractivity contribution < 1.29 is 13.5 Å². The molecule has 120 valence electrons. The van der Waals surface area contributed by atoms with Gasteiger partial charge in [-0.2, -0.15) is 5.10 Å². The molecule has 0 aromatic carbocycles. The first kappa shape index (κ1) is 16.4. The maximum Gasteiger partial charge on any atom is 0.214 e. The second-order valence-corrected chi connectivity index (χ2v) is 8.19. The molecule has 1 aliphatic rings. The molecule has 2 atom stereocenters. The van der Waals surface area contributed by atoms with Crippen LogP contribution >= 0.6 is 0 Å². The molecule has 0 bridgehead atoms. The molecular formula is C13H24N4O3S. The number of rotatable bonds is 5. The van der Waals surface area contributed by atoms with Gasteiger partial charge in [0.1, 0.15) is 0 Å². The van der Waals surface area contributed by atoms with Crippen molar-refractivity contribution in [1.82, 2.24) is 19.0 Å².